The van der Waals surface area contributed by atoms with E-state index < -0.39 is 0 Å². The van der Waals surface area contributed by atoms with Crippen molar-refractivity contribution in [2.45, 2.75) is 12.8 Å². The minimum atomic E-state index is 0.260. The van der Waals surface area contributed by atoms with E-state index in [1.165, 1.54) is 0 Å². The molecular formula is C23H28N4O2. The standard InChI is InChI=1S/C23H28N4O2/c1-24-11-9-14-13-25-17-8-7-16(23(29)20(14)17)22-15(10-12-27(2)3)21-18(26-22)5-4-6-19(21)28/h4-8,13,24-26,28-29H,9-12H2,1-3H3. The molecule has 6 nitrogen and oxygen atoms in total. The van der Waals surface area contributed by atoms with Gasteiger partial charge in [0.1, 0.15) is 11.5 Å². The van der Waals surface area contributed by atoms with Crippen LogP contribution in [0.5, 0.6) is 11.5 Å². The molecule has 0 atom stereocenters. The van der Waals surface area contributed by atoms with Gasteiger partial charge in [0.15, 0.2) is 0 Å². The summed E-state index contributed by atoms with van der Waals surface area (Å²) in [5.74, 6) is 0.530. The largest absolute Gasteiger partial charge is 0.507 e. The Morgan fingerprint density at radius 2 is 1.83 bits per heavy atom. The first-order valence-electron chi connectivity index (χ1n) is 9.95. The minimum absolute atomic E-state index is 0.260. The third kappa shape index (κ3) is 3.45. The number of phenolic OH excluding ortho intramolecular Hbond substituents is 2. The SMILES string of the molecule is CNCCc1c[nH]c2ccc(-c3[nH]c4cccc(O)c4c3CCN(C)C)c(O)c12. The number of nitrogens with one attached hydrogen (secondary N) is 3. The molecule has 0 bridgehead atoms. The Hall–Kier alpha value is -2.96. The van der Waals surface area contributed by atoms with Gasteiger partial charge >= 0.3 is 0 Å². The third-order valence-electron chi connectivity index (χ3n) is 5.53. The molecule has 0 saturated carbocycles. The Labute approximate surface area is 170 Å². The Morgan fingerprint density at radius 1 is 1.00 bits per heavy atom. The second-order valence-electron chi connectivity index (χ2n) is 7.78. The van der Waals surface area contributed by atoms with Gasteiger partial charge < -0.3 is 30.4 Å². The molecule has 0 aliphatic carbocycles. The molecule has 4 rings (SSSR count). The number of rotatable bonds is 7. The van der Waals surface area contributed by atoms with Gasteiger partial charge in [-0.3, -0.25) is 0 Å². The van der Waals surface area contributed by atoms with Crippen LogP contribution in [-0.2, 0) is 12.8 Å². The van der Waals surface area contributed by atoms with Crippen LogP contribution in [-0.4, -0.2) is 59.3 Å². The number of hydrogen-bond donors (Lipinski definition) is 5. The van der Waals surface area contributed by atoms with Crippen molar-refractivity contribution in [1.29, 1.82) is 0 Å². The lowest BCUT2D eigenvalue weighted by Crippen LogP contribution is -2.15. The van der Waals surface area contributed by atoms with Gasteiger partial charge in [-0.05, 0) is 75.9 Å². The van der Waals surface area contributed by atoms with Crippen LogP contribution in [0.4, 0.5) is 0 Å². The molecular weight excluding hydrogens is 364 g/mol. The van der Waals surface area contributed by atoms with Crippen LogP contribution in [0.2, 0.25) is 0 Å². The summed E-state index contributed by atoms with van der Waals surface area (Å²) in [5, 5.41) is 26.6. The number of hydrogen-bond acceptors (Lipinski definition) is 4. The van der Waals surface area contributed by atoms with Gasteiger partial charge in [-0.2, -0.15) is 0 Å². The van der Waals surface area contributed by atoms with Gasteiger partial charge in [0.25, 0.3) is 0 Å². The molecule has 2 aromatic heterocycles. The molecule has 0 aliphatic rings. The van der Waals surface area contributed by atoms with Crippen molar-refractivity contribution in [3.63, 3.8) is 0 Å². The summed E-state index contributed by atoms with van der Waals surface area (Å²) < 4.78 is 0. The van der Waals surface area contributed by atoms with Crippen LogP contribution < -0.4 is 5.32 Å². The molecule has 5 N–H and O–H groups in total. The molecule has 2 heterocycles. The quantitative estimate of drug-likeness (QED) is 0.333. The number of nitrogens with zero attached hydrogens (tertiary/aromatic N) is 1. The fourth-order valence-electron chi connectivity index (χ4n) is 4.04. The van der Waals surface area contributed by atoms with Crippen molar-refractivity contribution in [2.24, 2.45) is 0 Å². The molecule has 2 aromatic carbocycles. The van der Waals surface area contributed by atoms with E-state index in [1.807, 2.05) is 51.6 Å². The lowest BCUT2D eigenvalue weighted by atomic mass is 9.98. The van der Waals surface area contributed by atoms with Gasteiger partial charge in [0, 0.05) is 40.1 Å². The van der Waals surface area contributed by atoms with Gasteiger partial charge in [-0.1, -0.05) is 6.07 Å². The van der Waals surface area contributed by atoms with Gasteiger partial charge in [0.05, 0.1) is 5.69 Å². The molecule has 4 aromatic rings. The minimum Gasteiger partial charge on any atom is -0.507 e. The molecule has 152 valence electrons. The van der Waals surface area contributed by atoms with Crippen LogP contribution in [0, 0.1) is 0 Å². The topological polar surface area (TPSA) is 87.3 Å². The Kier molecular flexibility index (Phi) is 5.22. The van der Waals surface area contributed by atoms with E-state index in [-0.39, 0.29) is 11.5 Å². The third-order valence-corrected chi connectivity index (χ3v) is 5.53. The molecule has 29 heavy (non-hydrogen) atoms. The summed E-state index contributed by atoms with van der Waals surface area (Å²) in [6, 6.07) is 9.45. The van der Waals surface area contributed by atoms with E-state index in [0.717, 1.165) is 70.1 Å². The zero-order valence-electron chi connectivity index (χ0n) is 17.1. The van der Waals surface area contributed by atoms with Crippen LogP contribution in [0.25, 0.3) is 33.1 Å². The fraction of sp³-hybridized carbons (Fsp3) is 0.304. The number of fused-ring (bicyclic) bond motifs is 2. The second kappa shape index (κ2) is 7.81. The number of benzene rings is 2. The summed E-state index contributed by atoms with van der Waals surface area (Å²) in [6.07, 6.45) is 3.56. The first-order valence-corrected chi connectivity index (χ1v) is 9.95. The van der Waals surface area contributed by atoms with E-state index in [9.17, 15) is 10.2 Å². The van der Waals surface area contributed by atoms with E-state index in [4.69, 9.17) is 0 Å². The average Bonchev–Trinajstić information content (AvgIpc) is 3.27. The van der Waals surface area contributed by atoms with Crippen molar-refractivity contribution in [2.75, 3.05) is 34.2 Å². The van der Waals surface area contributed by atoms with Crippen molar-refractivity contribution >= 4 is 21.8 Å². The summed E-state index contributed by atoms with van der Waals surface area (Å²) >= 11 is 0. The second-order valence-corrected chi connectivity index (χ2v) is 7.78. The summed E-state index contributed by atoms with van der Waals surface area (Å²) in [7, 11) is 5.99. The maximum Gasteiger partial charge on any atom is 0.134 e. The zero-order valence-corrected chi connectivity index (χ0v) is 17.1. The summed E-state index contributed by atoms with van der Waals surface area (Å²) in [4.78, 5) is 8.83. The van der Waals surface area contributed by atoms with Gasteiger partial charge in [-0.15, -0.1) is 0 Å². The number of phenols is 2. The zero-order chi connectivity index (χ0) is 20.5. The molecule has 0 amide bonds. The highest BCUT2D eigenvalue weighted by Gasteiger charge is 2.20. The molecule has 0 radical (unpaired) electrons. The number of aromatic hydroxyl groups is 2. The molecule has 0 aliphatic heterocycles. The number of aromatic amines is 2. The van der Waals surface area contributed by atoms with Crippen molar-refractivity contribution in [3.8, 4) is 22.8 Å². The van der Waals surface area contributed by atoms with Gasteiger partial charge in [0.2, 0.25) is 0 Å². The van der Waals surface area contributed by atoms with E-state index in [0.29, 0.717) is 0 Å². The highest BCUT2D eigenvalue weighted by molar-refractivity contribution is 6.00. The highest BCUT2D eigenvalue weighted by Crippen LogP contribution is 2.42. The molecule has 6 heteroatoms. The van der Waals surface area contributed by atoms with Crippen molar-refractivity contribution in [1.82, 2.24) is 20.2 Å². The van der Waals surface area contributed by atoms with E-state index in [2.05, 4.69) is 20.2 Å². The lowest BCUT2D eigenvalue weighted by molar-refractivity contribution is 0.414. The average molecular weight is 393 g/mol. The highest BCUT2D eigenvalue weighted by atomic mass is 16.3. The Morgan fingerprint density at radius 3 is 2.59 bits per heavy atom. The fourth-order valence-corrected chi connectivity index (χ4v) is 4.04. The van der Waals surface area contributed by atoms with Crippen LogP contribution in [0.1, 0.15) is 11.1 Å². The van der Waals surface area contributed by atoms with Crippen molar-refractivity contribution < 1.29 is 10.2 Å². The molecule has 0 fully saturated rings. The smallest absolute Gasteiger partial charge is 0.134 e. The molecule has 0 unspecified atom stereocenters. The monoisotopic (exact) mass is 392 g/mol. The lowest BCUT2D eigenvalue weighted by Gasteiger charge is -2.12. The maximum absolute atomic E-state index is 11.2. The Bertz CT molecular complexity index is 1160. The Balaban J connectivity index is 1.92. The number of H-pyrrole nitrogens is 2. The normalized spacial score (nSPS) is 11.9. The summed E-state index contributed by atoms with van der Waals surface area (Å²) in [6.45, 7) is 1.68. The van der Waals surface area contributed by atoms with Crippen LogP contribution in [0.15, 0.2) is 36.5 Å². The predicted molar refractivity (Wildman–Crippen MR) is 119 cm³/mol. The van der Waals surface area contributed by atoms with E-state index in [1.54, 1.807) is 6.07 Å². The number of likely N-dealkylation sites (N-methyl/N-ethyl adjacent to an activating group) is 2. The maximum atomic E-state index is 11.2. The van der Waals surface area contributed by atoms with Crippen LogP contribution in [0.3, 0.4) is 0 Å². The predicted octanol–water partition coefficient (Wildman–Crippen LogP) is 3.59. The summed E-state index contributed by atoms with van der Waals surface area (Å²) in [5.41, 5.74) is 5.52. The first kappa shape index (κ1) is 19.4. The van der Waals surface area contributed by atoms with Crippen LogP contribution >= 0.6 is 0 Å². The van der Waals surface area contributed by atoms with Gasteiger partial charge in [-0.25, -0.2) is 0 Å². The van der Waals surface area contributed by atoms with E-state index >= 15 is 0 Å². The van der Waals surface area contributed by atoms with Crippen molar-refractivity contribution in [3.05, 3.63) is 47.7 Å². The molecule has 0 spiro atoms. The number of aromatic nitrogens is 2. The first-order chi connectivity index (χ1) is 14.0. The molecule has 0 saturated heterocycles.